The Morgan fingerprint density at radius 3 is 2.63 bits per heavy atom. The van der Waals surface area contributed by atoms with Crippen molar-refractivity contribution < 1.29 is 18.7 Å². The average molecular weight is 560 g/mol. The molecule has 1 atom stereocenters. The van der Waals surface area contributed by atoms with Gasteiger partial charge < -0.3 is 15.0 Å². The van der Waals surface area contributed by atoms with Gasteiger partial charge in [-0.2, -0.15) is 0 Å². The number of likely N-dealkylation sites (N-methyl/N-ethyl adjacent to an activating group) is 1. The van der Waals surface area contributed by atoms with Gasteiger partial charge in [0, 0.05) is 42.0 Å². The van der Waals surface area contributed by atoms with Crippen molar-refractivity contribution in [3.8, 4) is 0 Å². The number of halogens is 1. The van der Waals surface area contributed by atoms with Gasteiger partial charge in [0.1, 0.15) is 23.1 Å². The van der Waals surface area contributed by atoms with Crippen LogP contribution in [0.15, 0.2) is 36.5 Å². The highest BCUT2D eigenvalue weighted by atomic mass is 19.1. The lowest BCUT2D eigenvalue weighted by Gasteiger charge is -2.29. The molecule has 0 saturated carbocycles. The summed E-state index contributed by atoms with van der Waals surface area (Å²) in [6, 6.07) is 8.81. The Morgan fingerprint density at radius 1 is 1.20 bits per heavy atom. The summed E-state index contributed by atoms with van der Waals surface area (Å²) in [7, 11) is 1.78. The number of aromatic nitrogens is 2. The van der Waals surface area contributed by atoms with Crippen molar-refractivity contribution in [2.24, 2.45) is 0 Å². The molecular weight excluding hydrogens is 521 g/mol. The summed E-state index contributed by atoms with van der Waals surface area (Å²) >= 11 is 0. The predicted octanol–water partition coefficient (Wildman–Crippen LogP) is 6.88. The highest BCUT2D eigenvalue weighted by Gasteiger charge is 2.42. The Labute approximate surface area is 240 Å². The summed E-state index contributed by atoms with van der Waals surface area (Å²) in [6.45, 7) is 13.5. The first-order valence-corrected chi connectivity index (χ1v) is 14.0. The molecule has 0 bridgehead atoms. The van der Waals surface area contributed by atoms with Crippen LogP contribution in [-0.2, 0) is 14.9 Å². The van der Waals surface area contributed by atoms with Gasteiger partial charge in [0.15, 0.2) is 0 Å². The zero-order chi connectivity index (χ0) is 29.9. The number of fused-ring (bicyclic) bond motifs is 2. The number of allylic oxidation sites excluding steroid dienone is 1. The highest BCUT2D eigenvalue weighted by Crippen LogP contribution is 2.43. The summed E-state index contributed by atoms with van der Waals surface area (Å²) in [6.07, 6.45) is 2.64. The molecule has 0 unspecified atom stereocenters. The minimum Gasteiger partial charge on any atom is -0.443 e. The first kappa shape index (κ1) is 28.5. The van der Waals surface area contributed by atoms with E-state index in [0.717, 1.165) is 27.7 Å². The second kappa shape index (κ2) is 10.1. The second-order valence-corrected chi connectivity index (χ2v) is 12.5. The van der Waals surface area contributed by atoms with Gasteiger partial charge in [0.25, 0.3) is 0 Å². The third-order valence-electron chi connectivity index (χ3n) is 7.78. The summed E-state index contributed by atoms with van der Waals surface area (Å²) < 4.78 is 21.6. The quantitative estimate of drug-likeness (QED) is 0.375. The van der Waals surface area contributed by atoms with Crippen LogP contribution >= 0.6 is 0 Å². The van der Waals surface area contributed by atoms with E-state index in [1.807, 2.05) is 66.7 Å². The topological polar surface area (TPSA) is 87.7 Å². The van der Waals surface area contributed by atoms with E-state index in [1.54, 1.807) is 30.3 Å². The van der Waals surface area contributed by atoms with Gasteiger partial charge in [-0.25, -0.2) is 19.2 Å². The Morgan fingerprint density at radius 2 is 1.93 bits per heavy atom. The minimum absolute atomic E-state index is 0.0245. The third-order valence-corrected chi connectivity index (χ3v) is 7.78. The molecule has 2 amide bonds. The first-order chi connectivity index (χ1) is 19.2. The maximum absolute atomic E-state index is 16.1. The number of amides is 2. The largest absolute Gasteiger partial charge is 0.443 e. The lowest BCUT2D eigenvalue weighted by molar-refractivity contribution is -0.121. The van der Waals surface area contributed by atoms with Crippen molar-refractivity contribution in [2.75, 3.05) is 23.8 Å². The fraction of sp³-hybridized carbons (Fsp3) is 0.438. The second-order valence-electron chi connectivity index (χ2n) is 12.5. The number of carbonyl (C=O) groups is 2. The molecule has 9 heteroatoms. The maximum Gasteiger partial charge on any atom is 0.414 e. The van der Waals surface area contributed by atoms with Crippen molar-refractivity contribution in [1.29, 1.82) is 0 Å². The van der Waals surface area contributed by atoms with Crippen molar-refractivity contribution in [3.63, 3.8) is 0 Å². The fourth-order valence-corrected chi connectivity index (χ4v) is 5.65. The Bertz CT molecular complexity index is 1590. The molecule has 5 rings (SSSR count). The summed E-state index contributed by atoms with van der Waals surface area (Å²) in [5.41, 5.74) is 2.92. The lowest BCUT2D eigenvalue weighted by Crippen LogP contribution is -2.35. The van der Waals surface area contributed by atoms with Crippen LogP contribution in [0.25, 0.3) is 16.5 Å². The van der Waals surface area contributed by atoms with Crippen molar-refractivity contribution >= 4 is 40.0 Å². The van der Waals surface area contributed by atoms with E-state index >= 15 is 4.39 Å². The number of nitrogens with one attached hydrogen (secondary N) is 1. The lowest BCUT2D eigenvalue weighted by atomic mass is 9.85. The molecule has 1 aromatic heterocycles. The zero-order valence-electron chi connectivity index (χ0n) is 25.1. The van der Waals surface area contributed by atoms with Gasteiger partial charge in [0.05, 0.1) is 17.0 Å². The highest BCUT2D eigenvalue weighted by molar-refractivity contribution is 6.10. The third kappa shape index (κ3) is 5.25. The molecular formula is C32H38FN5O3. The molecule has 2 aliphatic rings. The van der Waals surface area contributed by atoms with E-state index in [0.29, 0.717) is 42.2 Å². The van der Waals surface area contributed by atoms with Crippen LogP contribution in [0.1, 0.15) is 82.9 Å². The standard InChI is InChI=1S/C32H38FN5O3/c1-18(21-12-9-13-22(27(21)33)20-11-10-14-38(17-20)30(40)41-31(3,4)5)34-28-23-15-26-24(16-25(23)35-19(2)36-28)32(6,7)29(39)37(26)8/h9,12-13,15-18H,10-11,14H2,1-8H3,(H,34,35,36)/t18-/m1/s1. The first-order valence-electron chi connectivity index (χ1n) is 14.0. The van der Waals surface area contributed by atoms with Crippen LogP contribution in [0, 0.1) is 12.7 Å². The predicted molar refractivity (Wildman–Crippen MR) is 159 cm³/mol. The Balaban J connectivity index is 1.47. The Hall–Kier alpha value is -4.01. The molecule has 0 spiro atoms. The maximum atomic E-state index is 16.1. The summed E-state index contributed by atoms with van der Waals surface area (Å²) in [4.78, 5) is 38.0. The number of carbonyl (C=O) groups excluding carboxylic acids is 2. The normalized spacial score (nSPS) is 17.4. The Kier molecular flexibility index (Phi) is 7.04. The number of nitrogens with zero attached hydrogens (tertiary/aromatic N) is 4. The van der Waals surface area contributed by atoms with E-state index in [1.165, 1.54) is 4.90 Å². The number of hydrogen-bond acceptors (Lipinski definition) is 6. The van der Waals surface area contributed by atoms with E-state index < -0.39 is 23.2 Å². The monoisotopic (exact) mass is 559 g/mol. The molecule has 216 valence electrons. The van der Waals surface area contributed by atoms with Crippen molar-refractivity contribution in [2.45, 2.75) is 78.4 Å². The minimum atomic E-state index is -0.644. The number of aryl methyl sites for hydroxylation is 1. The van der Waals surface area contributed by atoms with E-state index in [9.17, 15) is 9.59 Å². The van der Waals surface area contributed by atoms with Crippen molar-refractivity contribution in [3.05, 3.63) is 64.9 Å². The molecule has 0 saturated heterocycles. The van der Waals surface area contributed by atoms with Gasteiger partial charge >= 0.3 is 6.09 Å². The van der Waals surface area contributed by atoms with Crippen LogP contribution in [0.2, 0.25) is 0 Å². The molecule has 0 aliphatic carbocycles. The smallest absolute Gasteiger partial charge is 0.414 e. The molecule has 0 radical (unpaired) electrons. The number of rotatable bonds is 4. The van der Waals surface area contributed by atoms with E-state index in [2.05, 4.69) is 15.3 Å². The average Bonchev–Trinajstić information content (AvgIpc) is 3.06. The van der Waals surface area contributed by atoms with Crippen LogP contribution in [0.5, 0.6) is 0 Å². The number of anilines is 2. The van der Waals surface area contributed by atoms with Crippen LogP contribution in [0.4, 0.5) is 20.7 Å². The molecule has 3 heterocycles. The molecule has 2 aliphatic heterocycles. The van der Waals surface area contributed by atoms with E-state index in [4.69, 9.17) is 4.74 Å². The summed E-state index contributed by atoms with van der Waals surface area (Å²) in [5, 5.41) is 4.17. The van der Waals surface area contributed by atoms with Gasteiger partial charge in [-0.1, -0.05) is 18.2 Å². The SMILES string of the molecule is Cc1nc(N[C@H](C)c2cccc(C3=CN(C(=O)OC(C)(C)C)CCC3)c2F)c2cc3c(cc2n1)C(C)(C)C(=O)N3C. The molecule has 3 aromatic rings. The van der Waals surface area contributed by atoms with Gasteiger partial charge in [-0.3, -0.25) is 9.69 Å². The van der Waals surface area contributed by atoms with Crippen LogP contribution in [0.3, 0.4) is 0 Å². The van der Waals surface area contributed by atoms with E-state index in [-0.39, 0.29) is 11.7 Å². The molecule has 41 heavy (non-hydrogen) atoms. The van der Waals surface area contributed by atoms with Crippen LogP contribution < -0.4 is 10.2 Å². The number of hydrogen-bond donors (Lipinski definition) is 1. The fourth-order valence-electron chi connectivity index (χ4n) is 5.65. The van der Waals surface area contributed by atoms with Gasteiger partial charge in [-0.15, -0.1) is 0 Å². The van der Waals surface area contributed by atoms with Gasteiger partial charge in [0.2, 0.25) is 5.91 Å². The number of benzene rings is 2. The molecule has 1 N–H and O–H groups in total. The molecule has 0 fully saturated rings. The molecule has 2 aromatic carbocycles. The zero-order valence-corrected chi connectivity index (χ0v) is 25.1. The summed E-state index contributed by atoms with van der Waals surface area (Å²) in [5.74, 6) is 0.835. The van der Waals surface area contributed by atoms with Gasteiger partial charge in [-0.05, 0) is 84.6 Å². The van der Waals surface area contributed by atoms with Crippen LogP contribution in [-0.4, -0.2) is 46.1 Å². The van der Waals surface area contributed by atoms with Crippen molar-refractivity contribution in [1.82, 2.24) is 14.9 Å². The molecule has 8 nitrogen and oxygen atoms in total. The number of ether oxygens (including phenoxy) is 1.